The molecular weight excluding hydrogens is 1460 g/mol. The van der Waals surface area contributed by atoms with Crippen molar-refractivity contribution in [3.05, 3.63) is 175 Å². The second kappa shape index (κ2) is 18.8. The summed E-state index contributed by atoms with van der Waals surface area (Å²) in [7, 11) is 0. The first-order valence-electron chi connectivity index (χ1n) is 16.3. The molecule has 0 fully saturated rings. The molecule has 0 bridgehead atoms. The van der Waals surface area contributed by atoms with Crippen LogP contribution in [0, 0.1) is 175 Å². The van der Waals surface area contributed by atoms with Crippen molar-refractivity contribution in [3.8, 4) is 0 Å². The molecule has 0 unspecified atom stereocenters. The molecule has 6 rings (SSSR count). The van der Waals surface area contributed by atoms with Gasteiger partial charge in [0, 0.05) is 0 Å². The third kappa shape index (κ3) is 7.86. The molecule has 0 aliphatic rings. The van der Waals surface area contributed by atoms with E-state index in [1.54, 1.807) is 0 Å². The van der Waals surface area contributed by atoms with Crippen LogP contribution in [0.4, 0.5) is 137 Å². The van der Waals surface area contributed by atoms with Gasteiger partial charge in [-0.25, -0.2) is 0 Å². The molecule has 34 heteroatoms. The van der Waals surface area contributed by atoms with Crippen LogP contribution in [0.5, 0.6) is 0 Å². The Morgan fingerprint density at radius 3 is 0.386 bits per heavy atom. The first-order chi connectivity index (χ1) is 32.0. The predicted molar refractivity (Wildman–Crippen MR) is 169 cm³/mol. The molecule has 6 aromatic rings. The molecule has 378 valence electrons. The molecule has 0 aromatic heterocycles. The Balaban J connectivity index is 0.000000261. The maximum atomic E-state index is 16.5. The monoisotopic (exact) mass is 1460 g/mol. The second-order valence-electron chi connectivity index (χ2n) is 12.8. The quantitative estimate of drug-likeness (QED) is 0.0676. The molecule has 0 radical (unpaired) electrons. The van der Waals surface area contributed by atoms with Crippen LogP contribution in [-0.2, 0) is 0 Å². The molecule has 0 amide bonds. The Labute approximate surface area is 371 Å². The molecule has 0 nitrogen and oxygen atoms in total. The zero-order chi connectivity index (χ0) is 53.8. The summed E-state index contributed by atoms with van der Waals surface area (Å²) in [6.45, 7) is 0. The van der Waals surface area contributed by atoms with E-state index in [1.807, 2.05) is 0 Å². The second-order valence-corrected chi connectivity index (χ2v) is 32.8. The van der Waals surface area contributed by atoms with Crippen LogP contribution < -0.4 is 19.6 Å². The Kier molecular flexibility index (Phi) is 15.0. The van der Waals surface area contributed by atoms with Gasteiger partial charge in [0.25, 0.3) is 0 Å². The van der Waals surface area contributed by atoms with Gasteiger partial charge in [-0.2, -0.15) is 0 Å². The molecule has 0 spiro atoms. The van der Waals surface area contributed by atoms with Crippen molar-refractivity contribution in [2.24, 2.45) is 0 Å². The summed E-state index contributed by atoms with van der Waals surface area (Å²) in [5.74, 6) is -97.2. The van der Waals surface area contributed by atoms with Crippen molar-refractivity contribution >= 4 is 61.4 Å². The summed E-state index contributed by atoms with van der Waals surface area (Å²) < 4.78 is 432. The van der Waals surface area contributed by atoms with Crippen LogP contribution >= 0.6 is 0 Å². The Bertz CT molecular complexity index is 2760. The van der Waals surface area contributed by atoms with E-state index in [-0.39, 0.29) is 0 Å². The average Bonchev–Trinajstić information content (AvgIpc) is 3.31. The molecule has 0 aliphatic heterocycles. The van der Waals surface area contributed by atoms with Crippen LogP contribution in [0.25, 0.3) is 0 Å². The van der Waals surface area contributed by atoms with Crippen molar-refractivity contribution in [2.45, 2.75) is 0 Å². The fourth-order valence-corrected chi connectivity index (χ4v) is 28.3. The van der Waals surface area contributed by atoms with Crippen LogP contribution in [-0.4, -0.2) is 41.8 Å². The molecule has 6 aromatic carbocycles. The zero-order valence-electron chi connectivity index (χ0n) is 31.0. The Morgan fingerprint density at radius 1 is 0.157 bits per heavy atom. The van der Waals surface area contributed by atoms with E-state index in [4.69, 9.17) is 0 Å². The van der Waals surface area contributed by atoms with E-state index in [2.05, 4.69) is 0 Å². The fraction of sp³-hybridized carbons (Fsp3) is 0. The van der Waals surface area contributed by atoms with E-state index < -0.39 is 236 Å². The molecule has 70 heavy (non-hydrogen) atoms. The van der Waals surface area contributed by atoms with E-state index in [9.17, 15) is 132 Å². The van der Waals surface area contributed by atoms with Crippen molar-refractivity contribution in [2.75, 3.05) is 0 Å². The molecule has 0 aliphatic carbocycles. The minimum atomic E-state index is -11.5. The number of halogens is 32. The standard InChI is InChI=1S/6C6F5.2Bi.2FH/c6*7-2-1-3(8)5(10)6(11)4(2)9;;;;/h;;;;;;;;2*1H/q;;;;;;;+2;;/p-2. The fourth-order valence-electron chi connectivity index (χ4n) is 5.85. The SMILES string of the molecule is Fc1c(F)c(F)[c]([Bi]([F])([F])([c]2c(F)c(F)c(F)c(F)c2F)[c]2c(F)c(F)c(F)c(F)c2F)c(F)c1F.Fc1c(F)c(F)[c]([Bi]([c]2c(F)c(F)c(F)c(F)c2F)[c]2c(F)c(F)c(F)c(F)c2F)c(F)c1F. The van der Waals surface area contributed by atoms with Gasteiger partial charge in [0.2, 0.25) is 0 Å². The van der Waals surface area contributed by atoms with Crippen molar-refractivity contribution in [1.82, 2.24) is 0 Å². The summed E-state index contributed by atoms with van der Waals surface area (Å²) >= 11 is -18.4. The first kappa shape index (κ1) is 55.8. The summed E-state index contributed by atoms with van der Waals surface area (Å²) in [4.78, 5) is 0. The van der Waals surface area contributed by atoms with E-state index in [1.165, 1.54) is 0 Å². The Hall–Kier alpha value is -5.15. The van der Waals surface area contributed by atoms with Gasteiger partial charge in [-0.05, 0) is 0 Å². The van der Waals surface area contributed by atoms with E-state index >= 15 is 5.25 Å². The summed E-state index contributed by atoms with van der Waals surface area (Å²) in [5.41, 5.74) is 0. The zero-order valence-corrected chi connectivity index (χ0v) is 37.9. The van der Waals surface area contributed by atoms with Crippen LogP contribution in [0.15, 0.2) is 0 Å². The van der Waals surface area contributed by atoms with Gasteiger partial charge in [-0.1, -0.05) is 0 Å². The minimum absolute atomic E-state index is 2.47. The van der Waals surface area contributed by atoms with Crippen LogP contribution in [0.1, 0.15) is 0 Å². The summed E-state index contributed by atoms with van der Waals surface area (Å²) in [6, 6.07) is 0. The third-order valence-corrected chi connectivity index (χ3v) is 32.5. The van der Waals surface area contributed by atoms with Gasteiger partial charge in [0.05, 0.1) is 0 Å². The van der Waals surface area contributed by atoms with Crippen LogP contribution in [0.2, 0.25) is 0 Å². The van der Waals surface area contributed by atoms with Crippen molar-refractivity contribution in [3.63, 3.8) is 0 Å². The Morgan fingerprint density at radius 2 is 0.257 bits per heavy atom. The van der Waals surface area contributed by atoms with Gasteiger partial charge in [0.15, 0.2) is 0 Å². The van der Waals surface area contributed by atoms with Crippen LogP contribution in [0.3, 0.4) is 0 Å². The summed E-state index contributed by atoms with van der Waals surface area (Å²) in [6.07, 6.45) is 0. The maximum absolute atomic E-state index is 16.5. The molecular formula is C36Bi2F32. The third-order valence-electron chi connectivity index (χ3n) is 8.97. The molecule has 0 saturated heterocycles. The number of hydrogen-bond donors (Lipinski definition) is 0. The van der Waals surface area contributed by atoms with E-state index in [0.717, 1.165) is 0 Å². The molecule has 0 atom stereocenters. The topological polar surface area (TPSA) is 0 Å². The summed E-state index contributed by atoms with van der Waals surface area (Å²) in [5, 5.41) is 0. The normalized spacial score (nSPS) is 12.4. The van der Waals surface area contributed by atoms with Gasteiger partial charge in [-0.15, -0.1) is 0 Å². The van der Waals surface area contributed by atoms with Gasteiger partial charge < -0.3 is 0 Å². The van der Waals surface area contributed by atoms with Gasteiger partial charge in [-0.3, -0.25) is 0 Å². The predicted octanol–water partition coefficient (Wildman–Crippen LogP) is 9.42. The number of hydrogen-bond acceptors (Lipinski definition) is 0. The van der Waals surface area contributed by atoms with Gasteiger partial charge in [0.1, 0.15) is 0 Å². The average molecular weight is 1460 g/mol. The molecule has 0 saturated carbocycles. The van der Waals surface area contributed by atoms with Gasteiger partial charge >= 0.3 is 373 Å². The van der Waals surface area contributed by atoms with Crippen molar-refractivity contribution in [1.29, 1.82) is 0 Å². The van der Waals surface area contributed by atoms with Crippen molar-refractivity contribution < 1.29 is 137 Å². The van der Waals surface area contributed by atoms with E-state index in [0.29, 0.717) is 0 Å². The molecule has 0 N–H and O–H groups in total. The number of rotatable bonds is 6. The first-order valence-corrected chi connectivity index (χ1v) is 29.4. The molecule has 0 heterocycles. The number of benzene rings is 6.